The van der Waals surface area contributed by atoms with Crippen molar-refractivity contribution in [1.82, 2.24) is 24.6 Å². The monoisotopic (exact) mass is 572 g/mol. The zero-order chi connectivity index (χ0) is 27.7. The summed E-state index contributed by atoms with van der Waals surface area (Å²) in [5.41, 5.74) is 6.09. The number of imidazole rings is 1. The number of carbonyl (C=O) groups is 1. The van der Waals surface area contributed by atoms with Crippen molar-refractivity contribution in [1.29, 1.82) is 0 Å². The number of fused-ring (bicyclic) bond motifs is 1. The van der Waals surface area contributed by atoms with E-state index >= 15 is 4.39 Å². The van der Waals surface area contributed by atoms with Gasteiger partial charge in [-0.15, -0.1) is 0 Å². The number of aromatic nitrogens is 4. The van der Waals surface area contributed by atoms with Gasteiger partial charge in [-0.2, -0.15) is 5.09 Å². The van der Waals surface area contributed by atoms with Gasteiger partial charge in [0.2, 0.25) is 0 Å². The Morgan fingerprint density at radius 1 is 1.32 bits per heavy atom. The molecule has 2 aromatic heterocycles. The number of halogens is 2. The Kier molecular flexibility index (Phi) is 8.21. The number of alkyl halides is 2. The number of nitrogen functional groups attached to an aromatic ring is 1. The number of carbonyl (C=O) groups excluding carboxylic acids is 1. The summed E-state index contributed by atoms with van der Waals surface area (Å²) in [6.45, 7) is 4.10. The molecule has 0 saturated carbocycles. The van der Waals surface area contributed by atoms with Crippen molar-refractivity contribution < 1.29 is 37.4 Å². The highest BCUT2D eigenvalue weighted by Crippen LogP contribution is 2.49. The van der Waals surface area contributed by atoms with Crippen LogP contribution < -0.4 is 15.3 Å². The van der Waals surface area contributed by atoms with Crippen molar-refractivity contribution in [2.75, 3.05) is 12.3 Å². The summed E-state index contributed by atoms with van der Waals surface area (Å²) in [5, 5.41) is 10.3. The van der Waals surface area contributed by atoms with Crippen molar-refractivity contribution in [3.05, 3.63) is 43.0 Å². The van der Waals surface area contributed by atoms with Crippen LogP contribution in [-0.2, 0) is 23.4 Å². The fourth-order valence-corrected chi connectivity index (χ4v) is 5.45. The molecule has 4 rings (SSSR count). The first-order valence-electron chi connectivity index (χ1n) is 11.5. The van der Waals surface area contributed by atoms with E-state index in [4.69, 9.17) is 35.9 Å². The predicted molar refractivity (Wildman–Crippen MR) is 134 cm³/mol. The van der Waals surface area contributed by atoms with E-state index in [-0.39, 0.29) is 22.7 Å². The Bertz CT molecular complexity index is 1330. The molecule has 0 radical (unpaired) electrons. The molecule has 0 amide bonds. The Labute approximate surface area is 222 Å². The molecule has 3 aromatic rings. The average molecular weight is 573 g/mol. The first kappa shape index (κ1) is 28.1. The number of nitrogens with zero attached hydrogens (tertiary/aromatic N) is 4. The van der Waals surface area contributed by atoms with Crippen molar-refractivity contribution >= 4 is 42.3 Å². The maximum atomic E-state index is 15.5. The fraction of sp³-hybridized carbons (Fsp3) is 0.455. The van der Waals surface area contributed by atoms with Crippen molar-refractivity contribution in [2.24, 2.45) is 0 Å². The van der Waals surface area contributed by atoms with Crippen LogP contribution >= 0.6 is 19.3 Å². The zero-order valence-corrected chi connectivity index (χ0v) is 22.3. The second-order valence-corrected chi connectivity index (χ2v) is 11.0. The molecule has 1 aliphatic rings. The van der Waals surface area contributed by atoms with E-state index in [1.54, 1.807) is 32.0 Å². The van der Waals surface area contributed by atoms with Crippen LogP contribution in [0.1, 0.15) is 27.0 Å². The third-order valence-corrected chi connectivity index (χ3v) is 7.51. The summed E-state index contributed by atoms with van der Waals surface area (Å²) in [6.07, 6.45) is -3.01. The maximum absolute atomic E-state index is 15.5. The molecule has 0 aliphatic carbocycles. The third kappa shape index (κ3) is 5.90. The molecule has 6 atom stereocenters. The molecule has 0 spiro atoms. The summed E-state index contributed by atoms with van der Waals surface area (Å²) in [7, 11) is -4.30. The van der Waals surface area contributed by atoms with Crippen molar-refractivity contribution in [3.63, 3.8) is 0 Å². The van der Waals surface area contributed by atoms with E-state index < -0.39 is 56.0 Å². The minimum Gasteiger partial charge on any atom is -0.462 e. The third-order valence-electron chi connectivity index (χ3n) is 5.45. The molecular weight excluding hydrogens is 546 g/mol. The largest absolute Gasteiger partial charge is 0.462 e. The van der Waals surface area contributed by atoms with Gasteiger partial charge < -0.3 is 24.8 Å². The maximum Gasteiger partial charge on any atom is 0.459 e. The number of esters is 1. The SMILES string of the molecule is CC(C)OC(=O)[C@@H](C)N[P@](=O)(OC[C@H]1O[C@@H](n2cnc3c(N)ncnc32)[C@@](F)(Cl)[C@@H]1O)Oc1ccccc1. The van der Waals surface area contributed by atoms with Gasteiger partial charge >= 0.3 is 13.7 Å². The van der Waals surface area contributed by atoms with E-state index in [1.807, 2.05) is 0 Å². The number of aliphatic hydroxyl groups excluding tert-OH is 1. The van der Waals surface area contributed by atoms with Gasteiger partial charge in [0.25, 0.3) is 5.13 Å². The lowest BCUT2D eigenvalue weighted by atomic mass is 10.1. The number of nitrogens with two attached hydrogens (primary N) is 1. The Morgan fingerprint density at radius 3 is 2.71 bits per heavy atom. The number of aliphatic hydroxyl groups is 1. The standard InChI is InChI=1S/C22H27ClFN6O7P/c1-12(2)35-20(32)13(3)29-38(33,37-14-7-5-4-6-8-14)34-9-15-17(31)22(23,24)21(36-15)30-11-28-16-18(25)26-10-27-19(16)30/h4-8,10-13,15,17,21,31H,9H2,1-3H3,(H,29,33)(H2,25,26,27)/t13-,15-,17-,21-,22-,38+/m1/s1. The molecule has 1 aliphatic heterocycles. The number of anilines is 1. The lowest BCUT2D eigenvalue weighted by Crippen LogP contribution is -2.40. The summed E-state index contributed by atoms with van der Waals surface area (Å²) in [6, 6.07) is 6.94. The van der Waals surface area contributed by atoms with Gasteiger partial charge in [0.1, 0.15) is 35.8 Å². The van der Waals surface area contributed by atoms with Gasteiger partial charge in [-0.1, -0.05) is 29.8 Å². The minimum absolute atomic E-state index is 0.0568. The molecular formula is C22H27ClFN6O7P. The number of benzene rings is 1. The zero-order valence-electron chi connectivity index (χ0n) is 20.6. The Morgan fingerprint density at radius 2 is 2.03 bits per heavy atom. The van der Waals surface area contributed by atoms with Crippen LogP contribution in [0.4, 0.5) is 10.2 Å². The number of nitrogens with one attached hydrogen (secondary N) is 1. The number of rotatable bonds is 10. The van der Waals surface area contributed by atoms with Crippen LogP contribution in [0, 0.1) is 0 Å². The molecule has 13 nitrogen and oxygen atoms in total. The van der Waals surface area contributed by atoms with Gasteiger partial charge in [-0.3, -0.25) is 13.9 Å². The van der Waals surface area contributed by atoms with Gasteiger partial charge in [-0.25, -0.2) is 23.9 Å². The molecule has 1 saturated heterocycles. The van der Waals surface area contributed by atoms with Crippen LogP contribution in [0.25, 0.3) is 11.2 Å². The number of hydrogen-bond donors (Lipinski definition) is 3. The van der Waals surface area contributed by atoms with E-state index in [0.29, 0.717) is 0 Å². The molecule has 38 heavy (non-hydrogen) atoms. The second-order valence-electron chi connectivity index (χ2n) is 8.76. The average Bonchev–Trinajstić information content (AvgIpc) is 3.37. The van der Waals surface area contributed by atoms with Gasteiger partial charge in [-0.05, 0) is 32.9 Å². The van der Waals surface area contributed by atoms with Crippen LogP contribution in [0.3, 0.4) is 0 Å². The van der Waals surface area contributed by atoms with Crippen LogP contribution in [0.15, 0.2) is 43.0 Å². The Hall–Kier alpha value is -2.87. The highest BCUT2D eigenvalue weighted by Gasteiger charge is 2.58. The normalized spacial score (nSPS) is 25.8. The van der Waals surface area contributed by atoms with E-state index in [0.717, 1.165) is 10.9 Å². The first-order chi connectivity index (χ1) is 17.9. The molecule has 206 valence electrons. The number of hydrogen-bond acceptors (Lipinski definition) is 11. The fourth-order valence-electron chi connectivity index (χ4n) is 3.65. The summed E-state index contributed by atoms with van der Waals surface area (Å²) in [4.78, 5) is 24.2. The van der Waals surface area contributed by atoms with E-state index in [1.165, 1.54) is 25.4 Å². The number of para-hydroxylation sites is 1. The molecule has 3 heterocycles. The molecule has 1 fully saturated rings. The van der Waals surface area contributed by atoms with E-state index in [9.17, 15) is 14.5 Å². The molecule has 16 heteroatoms. The van der Waals surface area contributed by atoms with Crippen LogP contribution in [0.2, 0.25) is 0 Å². The highest BCUT2D eigenvalue weighted by atomic mass is 35.5. The van der Waals surface area contributed by atoms with Crippen LogP contribution in [-0.4, -0.2) is 66.7 Å². The highest BCUT2D eigenvalue weighted by molar-refractivity contribution is 7.52. The molecule has 0 bridgehead atoms. The van der Waals surface area contributed by atoms with Crippen molar-refractivity contribution in [3.8, 4) is 5.75 Å². The summed E-state index contributed by atoms with van der Waals surface area (Å²) < 4.78 is 52.2. The molecule has 1 aromatic carbocycles. The van der Waals surface area contributed by atoms with Gasteiger partial charge in [0.15, 0.2) is 17.7 Å². The second kappa shape index (κ2) is 11.1. The summed E-state index contributed by atoms with van der Waals surface area (Å²) >= 11 is 6.07. The summed E-state index contributed by atoms with van der Waals surface area (Å²) in [5.74, 6) is -0.478. The first-order valence-corrected chi connectivity index (χ1v) is 13.4. The van der Waals surface area contributed by atoms with Crippen molar-refractivity contribution in [2.45, 2.75) is 56.5 Å². The molecule has 0 unspecified atom stereocenters. The quantitative estimate of drug-likeness (QED) is 0.184. The van der Waals surface area contributed by atoms with E-state index in [2.05, 4.69) is 20.0 Å². The van der Waals surface area contributed by atoms with Crippen LogP contribution in [0.5, 0.6) is 5.75 Å². The van der Waals surface area contributed by atoms with Gasteiger partial charge in [0.05, 0.1) is 19.0 Å². The molecule has 4 N–H and O–H groups in total. The smallest absolute Gasteiger partial charge is 0.459 e. The van der Waals surface area contributed by atoms with Gasteiger partial charge in [0, 0.05) is 0 Å². The predicted octanol–water partition coefficient (Wildman–Crippen LogP) is 2.70. The lowest BCUT2D eigenvalue weighted by Gasteiger charge is -2.25. The minimum atomic E-state index is -4.30. The number of ether oxygens (including phenoxy) is 2. The topological polar surface area (TPSA) is 173 Å². The Balaban J connectivity index is 1.54. The lowest BCUT2D eigenvalue weighted by molar-refractivity contribution is -0.149.